The van der Waals surface area contributed by atoms with Crippen molar-refractivity contribution >= 4 is 17.6 Å². The van der Waals surface area contributed by atoms with Crippen LogP contribution in [-0.2, 0) is 19.9 Å². The number of anilines is 1. The lowest BCUT2D eigenvalue weighted by Gasteiger charge is -2.28. The number of para-hydroxylation sites is 1. The molecule has 0 aromatic heterocycles. The fourth-order valence-corrected chi connectivity index (χ4v) is 2.35. The molecular formula is C18H18F2N2O3. The van der Waals surface area contributed by atoms with Crippen molar-refractivity contribution in [1.29, 1.82) is 0 Å². The molecule has 25 heavy (non-hydrogen) atoms. The summed E-state index contributed by atoms with van der Waals surface area (Å²) >= 11 is 0. The van der Waals surface area contributed by atoms with Crippen LogP contribution < -0.4 is 10.6 Å². The minimum atomic E-state index is -1.73. The van der Waals surface area contributed by atoms with E-state index in [4.69, 9.17) is 4.74 Å². The predicted molar refractivity (Wildman–Crippen MR) is 88.8 cm³/mol. The van der Waals surface area contributed by atoms with E-state index in [2.05, 4.69) is 10.6 Å². The first-order valence-corrected chi connectivity index (χ1v) is 7.50. The van der Waals surface area contributed by atoms with Gasteiger partial charge in [0.25, 0.3) is 0 Å². The molecule has 7 heteroatoms. The Morgan fingerprint density at radius 1 is 1.12 bits per heavy atom. The Labute approximate surface area is 144 Å². The first kappa shape index (κ1) is 18.5. The molecule has 0 bridgehead atoms. The molecule has 0 saturated carbocycles. The number of hydrogen-bond acceptors (Lipinski definition) is 4. The van der Waals surface area contributed by atoms with Crippen LogP contribution in [-0.4, -0.2) is 25.5 Å². The van der Waals surface area contributed by atoms with Crippen molar-refractivity contribution in [2.45, 2.75) is 12.5 Å². The van der Waals surface area contributed by atoms with Crippen molar-refractivity contribution in [3.63, 3.8) is 0 Å². The molecule has 0 heterocycles. The van der Waals surface area contributed by atoms with E-state index in [-0.39, 0.29) is 12.1 Å². The van der Waals surface area contributed by atoms with Gasteiger partial charge in [0.1, 0.15) is 17.2 Å². The molecule has 2 aromatic carbocycles. The Bertz CT molecular complexity index is 768. The van der Waals surface area contributed by atoms with Crippen molar-refractivity contribution in [2.75, 3.05) is 19.0 Å². The number of benzene rings is 2. The number of halogens is 2. The maximum absolute atomic E-state index is 14.1. The molecule has 0 aliphatic rings. The minimum absolute atomic E-state index is 0.244. The zero-order valence-electron chi connectivity index (χ0n) is 13.8. The van der Waals surface area contributed by atoms with Crippen LogP contribution in [0.25, 0.3) is 0 Å². The Balaban J connectivity index is 2.19. The number of nitrogens with one attached hydrogen (secondary N) is 2. The summed E-state index contributed by atoms with van der Waals surface area (Å²) in [6.07, 6.45) is 0. The van der Waals surface area contributed by atoms with Gasteiger partial charge in [0.05, 0.1) is 13.7 Å². The Hall–Kier alpha value is -2.80. The van der Waals surface area contributed by atoms with Crippen LogP contribution in [0.4, 0.5) is 14.5 Å². The normalized spacial score (nSPS) is 13.0. The summed E-state index contributed by atoms with van der Waals surface area (Å²) in [5, 5.41) is 5.29. The summed E-state index contributed by atoms with van der Waals surface area (Å²) in [5.41, 5.74) is -1.40. The number of methoxy groups -OCH3 is 1. The number of amides is 1. The molecule has 0 aliphatic heterocycles. The van der Waals surface area contributed by atoms with E-state index in [9.17, 15) is 18.4 Å². The maximum atomic E-state index is 14.1. The average molecular weight is 348 g/mol. The first-order valence-electron chi connectivity index (χ1n) is 7.50. The quantitative estimate of drug-likeness (QED) is 0.788. The molecule has 0 spiro atoms. The van der Waals surface area contributed by atoms with E-state index in [1.54, 1.807) is 30.3 Å². The lowest BCUT2D eigenvalue weighted by Crippen LogP contribution is -2.50. The molecule has 1 unspecified atom stereocenters. The zero-order valence-corrected chi connectivity index (χ0v) is 13.8. The van der Waals surface area contributed by atoms with E-state index in [0.29, 0.717) is 5.69 Å². The number of rotatable bonds is 6. The minimum Gasteiger partial charge on any atom is -0.467 e. The molecule has 2 aromatic rings. The maximum Gasteiger partial charge on any atom is 0.330 e. The van der Waals surface area contributed by atoms with Gasteiger partial charge >= 0.3 is 5.97 Å². The molecule has 2 N–H and O–H groups in total. The summed E-state index contributed by atoms with van der Waals surface area (Å²) < 4.78 is 32.3. The van der Waals surface area contributed by atoms with E-state index in [1.165, 1.54) is 6.92 Å². The van der Waals surface area contributed by atoms with Crippen LogP contribution in [0.1, 0.15) is 12.5 Å². The second-order valence-corrected chi connectivity index (χ2v) is 5.51. The Morgan fingerprint density at radius 2 is 1.80 bits per heavy atom. The largest absolute Gasteiger partial charge is 0.467 e. The van der Waals surface area contributed by atoms with Crippen LogP contribution in [0, 0.1) is 11.6 Å². The second kappa shape index (κ2) is 7.85. The highest BCUT2D eigenvalue weighted by Crippen LogP contribution is 2.26. The Kier molecular flexibility index (Phi) is 5.82. The van der Waals surface area contributed by atoms with Gasteiger partial charge in [-0.2, -0.15) is 0 Å². The molecule has 0 aliphatic carbocycles. The van der Waals surface area contributed by atoms with Gasteiger partial charge in [0, 0.05) is 11.3 Å². The summed E-state index contributed by atoms with van der Waals surface area (Å²) in [5.74, 6) is -2.78. The van der Waals surface area contributed by atoms with Crippen molar-refractivity contribution in [3.05, 3.63) is 65.7 Å². The van der Waals surface area contributed by atoms with Crippen LogP contribution in [0.2, 0.25) is 0 Å². The standard InChI is InChI=1S/C18H18F2N2O3/c1-18(17(24)25-2,14-10-12(19)8-9-15(14)20)21-11-16(23)22-13-6-4-3-5-7-13/h3-10,21H,11H2,1-2H3,(H,22,23). The molecule has 0 saturated heterocycles. The van der Waals surface area contributed by atoms with Gasteiger partial charge < -0.3 is 10.1 Å². The highest BCUT2D eigenvalue weighted by molar-refractivity contribution is 5.93. The molecule has 0 radical (unpaired) electrons. The number of esters is 1. The highest BCUT2D eigenvalue weighted by atomic mass is 19.1. The number of hydrogen-bond donors (Lipinski definition) is 2. The zero-order chi connectivity index (χ0) is 18.4. The van der Waals surface area contributed by atoms with Gasteiger partial charge in [-0.15, -0.1) is 0 Å². The van der Waals surface area contributed by atoms with Gasteiger partial charge in [-0.25, -0.2) is 13.6 Å². The fraction of sp³-hybridized carbons (Fsp3) is 0.222. The van der Waals surface area contributed by atoms with Crippen LogP contribution in [0.5, 0.6) is 0 Å². The lowest BCUT2D eigenvalue weighted by molar-refractivity contribution is -0.148. The van der Waals surface area contributed by atoms with Crippen molar-refractivity contribution < 1.29 is 23.1 Å². The van der Waals surface area contributed by atoms with Gasteiger partial charge in [-0.3, -0.25) is 10.1 Å². The van der Waals surface area contributed by atoms with Crippen LogP contribution in [0.15, 0.2) is 48.5 Å². The molecular weight excluding hydrogens is 330 g/mol. The lowest BCUT2D eigenvalue weighted by atomic mass is 9.91. The van der Waals surface area contributed by atoms with Crippen LogP contribution >= 0.6 is 0 Å². The third kappa shape index (κ3) is 4.39. The molecule has 0 fully saturated rings. The van der Waals surface area contributed by atoms with Crippen molar-refractivity contribution in [3.8, 4) is 0 Å². The highest BCUT2D eigenvalue weighted by Gasteiger charge is 2.39. The fourth-order valence-electron chi connectivity index (χ4n) is 2.35. The molecule has 1 atom stereocenters. The van der Waals surface area contributed by atoms with E-state index in [0.717, 1.165) is 25.3 Å². The Morgan fingerprint density at radius 3 is 2.44 bits per heavy atom. The van der Waals surface area contributed by atoms with Crippen molar-refractivity contribution in [2.24, 2.45) is 0 Å². The smallest absolute Gasteiger partial charge is 0.330 e. The second-order valence-electron chi connectivity index (χ2n) is 5.51. The van der Waals surface area contributed by atoms with Gasteiger partial charge in [0.2, 0.25) is 5.91 Å². The molecule has 5 nitrogen and oxygen atoms in total. The molecule has 132 valence electrons. The average Bonchev–Trinajstić information content (AvgIpc) is 2.61. The third-order valence-corrected chi connectivity index (χ3v) is 3.72. The summed E-state index contributed by atoms with van der Waals surface area (Å²) in [6.45, 7) is 1.02. The topological polar surface area (TPSA) is 67.4 Å². The number of ether oxygens (including phenoxy) is 1. The van der Waals surface area contributed by atoms with Gasteiger partial charge in [-0.1, -0.05) is 18.2 Å². The predicted octanol–water partition coefficient (Wildman–Crippen LogP) is 2.58. The van der Waals surface area contributed by atoms with Gasteiger partial charge in [0.15, 0.2) is 0 Å². The third-order valence-electron chi connectivity index (χ3n) is 3.72. The van der Waals surface area contributed by atoms with Gasteiger partial charge in [-0.05, 0) is 37.3 Å². The monoisotopic (exact) mass is 348 g/mol. The molecule has 2 rings (SSSR count). The number of carbonyl (C=O) groups is 2. The SMILES string of the molecule is COC(=O)C(C)(NCC(=O)Nc1ccccc1)c1cc(F)ccc1F. The summed E-state index contributed by atoms with van der Waals surface area (Å²) in [4.78, 5) is 24.2. The van der Waals surface area contributed by atoms with Crippen molar-refractivity contribution in [1.82, 2.24) is 5.32 Å². The number of carbonyl (C=O) groups excluding carboxylic acids is 2. The summed E-state index contributed by atoms with van der Waals surface area (Å²) in [6, 6.07) is 11.5. The van der Waals surface area contributed by atoms with E-state index >= 15 is 0 Å². The van der Waals surface area contributed by atoms with Crippen LogP contribution in [0.3, 0.4) is 0 Å². The molecule has 1 amide bonds. The summed E-state index contributed by atoms with van der Waals surface area (Å²) in [7, 11) is 1.13. The first-order chi connectivity index (χ1) is 11.9. The van der Waals surface area contributed by atoms with E-state index in [1.807, 2.05) is 0 Å². The van der Waals surface area contributed by atoms with E-state index < -0.39 is 29.0 Å².